The molecule has 1 unspecified atom stereocenters. The van der Waals surface area contributed by atoms with Crippen molar-refractivity contribution in [2.75, 3.05) is 23.8 Å². The van der Waals surface area contributed by atoms with Gasteiger partial charge >= 0.3 is 0 Å². The summed E-state index contributed by atoms with van der Waals surface area (Å²) in [4.78, 5) is 25.6. The molecule has 0 fully saturated rings. The summed E-state index contributed by atoms with van der Waals surface area (Å²) in [6.45, 7) is 3.95. The van der Waals surface area contributed by atoms with E-state index in [0.717, 1.165) is 5.75 Å². The lowest BCUT2D eigenvalue weighted by molar-refractivity contribution is 0.0654. The summed E-state index contributed by atoms with van der Waals surface area (Å²) in [5, 5.41) is 1.93. The Kier molecular flexibility index (Phi) is 7.81. The molecule has 128 valence electrons. The Morgan fingerprint density at radius 3 is 2.46 bits per heavy atom. The van der Waals surface area contributed by atoms with Crippen LogP contribution in [0.5, 0.6) is 0 Å². The summed E-state index contributed by atoms with van der Waals surface area (Å²) < 4.78 is 11.9. The number of carbonyl (C=O) groups excluding carboxylic acids is 2. The molecule has 4 nitrogen and oxygen atoms in total. The van der Waals surface area contributed by atoms with E-state index >= 15 is 0 Å². The average molecular weight is 382 g/mol. The van der Waals surface area contributed by atoms with Gasteiger partial charge in [0.05, 0.1) is 11.1 Å². The molecule has 1 aromatic rings. The second kappa shape index (κ2) is 9.86. The normalized spacial score (nSPS) is 15.1. The Morgan fingerprint density at radius 1 is 1.17 bits per heavy atom. The SMILES string of the molecule is C=CCSS/C=C\CS(=O)CCCN1C(=O)c2ccccc2C1=O. The minimum absolute atomic E-state index is 0.253. The number of carbonyl (C=O) groups is 2. The van der Waals surface area contributed by atoms with Crippen molar-refractivity contribution >= 4 is 44.2 Å². The maximum atomic E-state index is 12.2. The van der Waals surface area contributed by atoms with Gasteiger partial charge in [-0.2, -0.15) is 0 Å². The molecule has 0 bridgehead atoms. The molecule has 0 saturated carbocycles. The van der Waals surface area contributed by atoms with Crippen molar-refractivity contribution in [3.63, 3.8) is 0 Å². The molecule has 2 amide bonds. The van der Waals surface area contributed by atoms with Crippen LogP contribution in [0.4, 0.5) is 0 Å². The van der Waals surface area contributed by atoms with Gasteiger partial charge in [-0.15, -0.1) is 6.58 Å². The van der Waals surface area contributed by atoms with Crippen LogP contribution < -0.4 is 0 Å². The van der Waals surface area contributed by atoms with E-state index in [1.807, 2.05) is 17.6 Å². The van der Waals surface area contributed by atoms with Crippen LogP contribution >= 0.6 is 21.6 Å². The third-order valence-electron chi connectivity index (χ3n) is 3.32. The number of imide groups is 1. The van der Waals surface area contributed by atoms with E-state index in [1.165, 1.54) is 4.90 Å². The van der Waals surface area contributed by atoms with Gasteiger partial charge in [-0.3, -0.25) is 18.7 Å². The molecule has 1 aliphatic heterocycles. The number of rotatable bonds is 10. The molecule has 0 saturated heterocycles. The highest BCUT2D eigenvalue weighted by atomic mass is 33.1. The van der Waals surface area contributed by atoms with Gasteiger partial charge in [-0.1, -0.05) is 45.9 Å². The van der Waals surface area contributed by atoms with Crippen molar-refractivity contribution in [3.8, 4) is 0 Å². The van der Waals surface area contributed by atoms with E-state index in [1.54, 1.807) is 45.9 Å². The summed E-state index contributed by atoms with van der Waals surface area (Å²) in [5.74, 6) is 1.33. The largest absolute Gasteiger partial charge is 0.274 e. The third kappa shape index (κ3) is 5.09. The zero-order valence-electron chi connectivity index (χ0n) is 13.2. The van der Waals surface area contributed by atoms with Crippen LogP contribution in [0.2, 0.25) is 0 Å². The van der Waals surface area contributed by atoms with Crippen LogP contribution in [0.3, 0.4) is 0 Å². The van der Waals surface area contributed by atoms with Crippen molar-refractivity contribution in [1.29, 1.82) is 0 Å². The molecule has 1 heterocycles. The molecule has 1 atom stereocenters. The summed E-state index contributed by atoms with van der Waals surface area (Å²) in [7, 11) is 2.28. The van der Waals surface area contributed by atoms with Gasteiger partial charge in [0.25, 0.3) is 11.8 Å². The molecule has 0 radical (unpaired) electrons. The molecular weight excluding hydrogens is 362 g/mol. The number of hydrogen-bond donors (Lipinski definition) is 0. The fourth-order valence-corrected chi connectivity index (χ4v) is 4.70. The highest BCUT2D eigenvalue weighted by molar-refractivity contribution is 8.77. The first kappa shape index (κ1) is 19.0. The van der Waals surface area contributed by atoms with Gasteiger partial charge in [0.1, 0.15) is 0 Å². The van der Waals surface area contributed by atoms with E-state index < -0.39 is 10.8 Å². The second-order valence-corrected chi connectivity index (χ2v) is 8.95. The van der Waals surface area contributed by atoms with Crippen LogP contribution in [0.15, 0.2) is 48.4 Å². The standard InChI is InChI=1S/C17H19NO3S3/c1-2-10-22-23-11-6-13-24(21)12-5-9-18-16(19)14-7-3-4-8-15(14)17(18)20/h2-4,6-8,11H,1,5,9-10,12-13H2/b11-6-. The Labute approximate surface area is 152 Å². The van der Waals surface area contributed by atoms with Crippen molar-refractivity contribution in [2.24, 2.45) is 0 Å². The van der Waals surface area contributed by atoms with Crippen molar-refractivity contribution in [3.05, 3.63) is 59.5 Å². The molecule has 0 N–H and O–H groups in total. The molecule has 0 aliphatic carbocycles. The number of fused-ring (bicyclic) bond motifs is 1. The average Bonchev–Trinajstić information content (AvgIpc) is 2.83. The number of benzene rings is 1. The number of nitrogens with zero attached hydrogens (tertiary/aromatic N) is 1. The first-order valence-corrected chi connectivity index (χ1v) is 11.4. The molecule has 24 heavy (non-hydrogen) atoms. The van der Waals surface area contributed by atoms with Gasteiger partial charge in [0.2, 0.25) is 0 Å². The summed E-state index contributed by atoms with van der Waals surface area (Å²) in [6.07, 6.45) is 4.27. The zero-order valence-corrected chi connectivity index (χ0v) is 15.6. The van der Waals surface area contributed by atoms with Crippen LogP contribution in [-0.2, 0) is 10.8 Å². The minimum Gasteiger partial charge on any atom is -0.274 e. The fraction of sp³-hybridized carbons (Fsp3) is 0.294. The molecular formula is C17H19NO3S3. The van der Waals surface area contributed by atoms with E-state index in [2.05, 4.69) is 6.58 Å². The predicted octanol–water partition coefficient (Wildman–Crippen LogP) is 3.50. The van der Waals surface area contributed by atoms with Gasteiger partial charge in [-0.25, -0.2) is 0 Å². The van der Waals surface area contributed by atoms with Crippen LogP contribution in [0.25, 0.3) is 0 Å². The minimum atomic E-state index is -0.979. The van der Waals surface area contributed by atoms with Gasteiger partial charge in [0.15, 0.2) is 0 Å². The van der Waals surface area contributed by atoms with E-state index in [4.69, 9.17) is 0 Å². The fourth-order valence-electron chi connectivity index (χ4n) is 2.22. The maximum Gasteiger partial charge on any atom is 0.261 e. The summed E-state index contributed by atoms with van der Waals surface area (Å²) >= 11 is 0. The topological polar surface area (TPSA) is 54.5 Å². The quantitative estimate of drug-likeness (QED) is 0.269. The Bertz CT molecular complexity index is 638. The van der Waals surface area contributed by atoms with Gasteiger partial charge < -0.3 is 0 Å². The van der Waals surface area contributed by atoms with Crippen molar-refractivity contribution in [2.45, 2.75) is 6.42 Å². The number of amides is 2. The smallest absolute Gasteiger partial charge is 0.261 e. The van der Waals surface area contributed by atoms with Gasteiger partial charge in [-0.05, 0) is 24.0 Å². The Hall–Kier alpha value is -1.31. The molecule has 1 aromatic carbocycles. The molecule has 0 aromatic heterocycles. The van der Waals surface area contributed by atoms with Crippen molar-refractivity contribution < 1.29 is 13.8 Å². The summed E-state index contributed by atoms with van der Waals surface area (Å²) in [6, 6.07) is 6.83. The van der Waals surface area contributed by atoms with Crippen LogP contribution in [0.1, 0.15) is 27.1 Å². The van der Waals surface area contributed by atoms with Gasteiger partial charge in [0, 0.05) is 34.6 Å². The Balaban J connectivity index is 1.71. The maximum absolute atomic E-state index is 12.2. The predicted molar refractivity (Wildman–Crippen MR) is 104 cm³/mol. The lowest BCUT2D eigenvalue weighted by atomic mass is 10.1. The van der Waals surface area contributed by atoms with Crippen LogP contribution in [0, 0.1) is 0 Å². The monoisotopic (exact) mass is 381 g/mol. The first-order valence-electron chi connectivity index (χ1n) is 7.49. The summed E-state index contributed by atoms with van der Waals surface area (Å²) in [5.41, 5.74) is 0.918. The highest BCUT2D eigenvalue weighted by Crippen LogP contribution is 2.23. The third-order valence-corrected chi connectivity index (χ3v) is 6.59. The molecule has 0 spiro atoms. The lowest BCUT2D eigenvalue weighted by Crippen LogP contribution is -2.31. The van der Waals surface area contributed by atoms with E-state index in [-0.39, 0.29) is 11.8 Å². The lowest BCUT2D eigenvalue weighted by Gasteiger charge is -2.13. The molecule has 1 aliphatic rings. The van der Waals surface area contributed by atoms with Crippen molar-refractivity contribution in [1.82, 2.24) is 4.90 Å². The van der Waals surface area contributed by atoms with E-state index in [9.17, 15) is 13.8 Å². The molecule has 2 rings (SSSR count). The second-order valence-electron chi connectivity index (χ2n) is 5.01. The van der Waals surface area contributed by atoms with E-state index in [0.29, 0.717) is 35.6 Å². The first-order chi connectivity index (χ1) is 11.6. The zero-order chi connectivity index (χ0) is 17.4. The Morgan fingerprint density at radius 2 is 1.83 bits per heavy atom. The number of hydrogen-bond acceptors (Lipinski definition) is 5. The van der Waals surface area contributed by atoms with Crippen LogP contribution in [-0.4, -0.2) is 44.7 Å². The molecule has 7 heteroatoms. The highest BCUT2D eigenvalue weighted by Gasteiger charge is 2.34.